The van der Waals surface area contributed by atoms with E-state index in [2.05, 4.69) is 26.8 Å². The van der Waals surface area contributed by atoms with Gasteiger partial charge >= 0.3 is 17.9 Å². The zero-order valence-electron chi connectivity index (χ0n) is 34.9. The summed E-state index contributed by atoms with van der Waals surface area (Å²) in [5, 5.41) is 77.3. The number of aliphatic hydroxyl groups is 6. The van der Waals surface area contributed by atoms with Crippen molar-refractivity contribution in [3.8, 4) is 0 Å². The van der Waals surface area contributed by atoms with Gasteiger partial charge in [-0.15, -0.1) is 0 Å². The van der Waals surface area contributed by atoms with E-state index in [0.29, 0.717) is 37.7 Å². The van der Waals surface area contributed by atoms with E-state index in [1.165, 1.54) is 6.92 Å². The van der Waals surface area contributed by atoms with Crippen molar-refractivity contribution >= 4 is 17.9 Å². The highest BCUT2D eigenvalue weighted by molar-refractivity contribution is 5.87. The quantitative estimate of drug-likeness (QED) is 0.0810. The van der Waals surface area contributed by atoms with E-state index in [9.17, 15) is 50.1 Å². The number of carbonyl (C=O) groups is 3. The standard InChI is InChI=1S/C43H66O14/c1-10-21(2)36(53)57-34-33(50)43(20-54-22(3)45)24(17-38(34,4)5)23-11-12-26-39(6)15-14-28(55-37-31(49)29(47)30(48)32(56-37)35(51)52)40(7,19-44)25(39)13-16-41(26,8)42(23,9)18-27(43)46/h10-11,24-34,37,44,46-50H,12-20H2,1-9H3,(H,51,52)/b21-10-/t24-,25+,26+,27+,28-,29-,30-,31+,32-,33+,34-,37-,39-,40-,41+,42+,43-/m0/s1. The van der Waals surface area contributed by atoms with Gasteiger partial charge < -0.3 is 54.7 Å². The molecule has 5 aliphatic carbocycles. The molecule has 7 N–H and O–H groups in total. The maximum absolute atomic E-state index is 13.1. The first kappa shape index (κ1) is 44.1. The maximum atomic E-state index is 13.1. The monoisotopic (exact) mass is 806 g/mol. The molecule has 14 heteroatoms. The number of ether oxygens (including phenoxy) is 4. The molecule has 5 fully saturated rings. The number of carboxylic acids is 1. The molecule has 0 unspecified atom stereocenters. The number of hydrogen-bond donors (Lipinski definition) is 7. The van der Waals surface area contributed by atoms with Crippen LogP contribution in [0, 0.1) is 50.2 Å². The summed E-state index contributed by atoms with van der Waals surface area (Å²) in [6.45, 7) is 16.8. The SMILES string of the molecule is C/C=C(/C)C(=O)O[C@H]1[C@@H](O)[C@]2(COC(C)=O)[C@H](O)C[C@]3(C)C(=CC[C@@H]4[C@@]5(C)CC[C@H](O[C@H]6O[C@H](C(=O)O)[C@@H](O)[C@H](O)[C@H]6O)[C@@](C)(CO)[C@@H]5CC[C@]43C)[C@@H]2CC1(C)C. The Morgan fingerprint density at radius 3 is 2.18 bits per heavy atom. The van der Waals surface area contributed by atoms with Crippen molar-refractivity contribution in [3.63, 3.8) is 0 Å². The molecule has 6 aliphatic rings. The molecule has 0 amide bonds. The van der Waals surface area contributed by atoms with Gasteiger partial charge in [0.05, 0.1) is 24.2 Å². The van der Waals surface area contributed by atoms with Crippen molar-refractivity contribution in [1.29, 1.82) is 0 Å². The lowest BCUT2D eigenvalue weighted by molar-refractivity contribution is -0.328. The molecule has 57 heavy (non-hydrogen) atoms. The van der Waals surface area contributed by atoms with Gasteiger partial charge in [-0.05, 0) is 92.8 Å². The van der Waals surface area contributed by atoms with Crippen LogP contribution in [0.1, 0.15) is 107 Å². The van der Waals surface area contributed by atoms with Crippen LogP contribution in [0.3, 0.4) is 0 Å². The molecule has 0 aromatic heterocycles. The second kappa shape index (κ2) is 14.9. The number of rotatable bonds is 8. The summed E-state index contributed by atoms with van der Waals surface area (Å²) in [5.74, 6) is -3.00. The Labute approximate surface area is 335 Å². The number of allylic oxidation sites excluding steroid dienone is 3. The molecule has 14 nitrogen and oxygen atoms in total. The maximum Gasteiger partial charge on any atom is 0.335 e. The highest BCUT2D eigenvalue weighted by Gasteiger charge is 2.73. The molecular formula is C43H66O14. The Morgan fingerprint density at radius 2 is 1.58 bits per heavy atom. The van der Waals surface area contributed by atoms with Crippen LogP contribution in [0.2, 0.25) is 0 Å². The van der Waals surface area contributed by atoms with Crippen molar-refractivity contribution in [2.24, 2.45) is 50.2 Å². The average Bonchev–Trinajstić information content (AvgIpc) is 3.13. The minimum absolute atomic E-state index is 0.0834. The molecule has 0 aromatic carbocycles. The Kier molecular flexibility index (Phi) is 11.6. The second-order valence-electron chi connectivity index (χ2n) is 20.0. The first-order valence-corrected chi connectivity index (χ1v) is 20.6. The highest BCUT2D eigenvalue weighted by atomic mass is 16.7. The van der Waals surface area contributed by atoms with Crippen molar-refractivity contribution in [2.45, 2.75) is 162 Å². The van der Waals surface area contributed by atoms with E-state index in [1.54, 1.807) is 19.9 Å². The number of fused-ring (bicyclic) bond motifs is 7. The second-order valence-corrected chi connectivity index (χ2v) is 20.0. The summed E-state index contributed by atoms with van der Waals surface area (Å²) in [5.41, 5.74) is -2.67. The van der Waals surface area contributed by atoms with Gasteiger partial charge in [0.15, 0.2) is 12.4 Å². The fourth-order valence-corrected chi connectivity index (χ4v) is 13.2. The molecule has 0 radical (unpaired) electrons. The van der Waals surface area contributed by atoms with Crippen LogP contribution >= 0.6 is 0 Å². The summed E-state index contributed by atoms with van der Waals surface area (Å²) in [6.07, 6.45) is -4.98. The summed E-state index contributed by atoms with van der Waals surface area (Å²) in [4.78, 5) is 37.3. The van der Waals surface area contributed by atoms with Crippen LogP contribution in [0.4, 0.5) is 0 Å². The lowest BCUT2D eigenvalue weighted by Crippen LogP contribution is -2.72. The first-order chi connectivity index (χ1) is 26.4. The molecule has 4 saturated carbocycles. The minimum Gasteiger partial charge on any atom is -0.479 e. The third kappa shape index (κ3) is 6.45. The molecule has 0 bridgehead atoms. The van der Waals surface area contributed by atoms with Gasteiger partial charge in [0.1, 0.15) is 37.1 Å². The van der Waals surface area contributed by atoms with Crippen LogP contribution in [-0.2, 0) is 33.3 Å². The van der Waals surface area contributed by atoms with Crippen LogP contribution in [0.15, 0.2) is 23.3 Å². The molecule has 1 aliphatic heterocycles. The van der Waals surface area contributed by atoms with Crippen molar-refractivity contribution in [2.75, 3.05) is 13.2 Å². The minimum atomic E-state index is -1.85. The lowest BCUT2D eigenvalue weighted by atomic mass is 9.33. The molecule has 1 heterocycles. The molecular weight excluding hydrogens is 740 g/mol. The highest BCUT2D eigenvalue weighted by Crippen LogP contribution is 2.76. The van der Waals surface area contributed by atoms with Crippen molar-refractivity contribution in [3.05, 3.63) is 23.3 Å². The van der Waals surface area contributed by atoms with Crippen LogP contribution in [-0.4, -0.2) is 122 Å². The number of carbonyl (C=O) groups excluding carboxylic acids is 2. The van der Waals surface area contributed by atoms with Gasteiger partial charge in [0.2, 0.25) is 0 Å². The number of aliphatic carboxylic acids is 1. The van der Waals surface area contributed by atoms with Crippen LogP contribution < -0.4 is 0 Å². The third-order valence-electron chi connectivity index (χ3n) is 16.8. The van der Waals surface area contributed by atoms with Gasteiger partial charge in [-0.2, -0.15) is 0 Å². The first-order valence-electron chi connectivity index (χ1n) is 20.6. The van der Waals surface area contributed by atoms with Crippen molar-refractivity contribution in [1.82, 2.24) is 0 Å². The Balaban J connectivity index is 1.35. The van der Waals surface area contributed by atoms with E-state index >= 15 is 0 Å². The van der Waals surface area contributed by atoms with E-state index in [-0.39, 0.29) is 42.3 Å². The van der Waals surface area contributed by atoms with Crippen LogP contribution in [0.5, 0.6) is 0 Å². The van der Waals surface area contributed by atoms with Gasteiger partial charge in [0.25, 0.3) is 0 Å². The topological polar surface area (TPSA) is 230 Å². The Hall–Kier alpha value is -2.43. The number of esters is 2. The summed E-state index contributed by atoms with van der Waals surface area (Å²) >= 11 is 0. The molecule has 0 aromatic rings. The average molecular weight is 807 g/mol. The zero-order chi connectivity index (χ0) is 42.4. The number of aliphatic hydroxyl groups excluding tert-OH is 6. The molecule has 17 atom stereocenters. The predicted octanol–water partition coefficient (Wildman–Crippen LogP) is 3.03. The molecule has 6 rings (SSSR count). The fourth-order valence-electron chi connectivity index (χ4n) is 13.2. The van der Waals surface area contributed by atoms with E-state index in [4.69, 9.17) is 18.9 Å². The van der Waals surface area contributed by atoms with E-state index < -0.39 is 101 Å². The van der Waals surface area contributed by atoms with Crippen LogP contribution in [0.25, 0.3) is 0 Å². The van der Waals surface area contributed by atoms with Gasteiger partial charge in [-0.1, -0.05) is 59.3 Å². The van der Waals surface area contributed by atoms with Crippen molar-refractivity contribution < 1.29 is 69.1 Å². The predicted molar refractivity (Wildman–Crippen MR) is 204 cm³/mol. The number of carboxylic acid groups (broad SMARTS) is 1. The third-order valence-corrected chi connectivity index (χ3v) is 16.8. The summed E-state index contributed by atoms with van der Waals surface area (Å²) in [7, 11) is 0. The van der Waals surface area contributed by atoms with Gasteiger partial charge in [-0.3, -0.25) is 4.79 Å². The normalized spacial score (nSPS) is 49.2. The zero-order valence-corrected chi connectivity index (χ0v) is 34.9. The molecule has 1 saturated heterocycles. The van der Waals surface area contributed by atoms with Gasteiger partial charge in [-0.25, -0.2) is 9.59 Å². The molecule has 0 spiro atoms. The number of hydrogen-bond acceptors (Lipinski definition) is 13. The Morgan fingerprint density at radius 1 is 0.912 bits per heavy atom. The van der Waals surface area contributed by atoms with E-state index in [0.717, 1.165) is 12.0 Å². The fraction of sp³-hybridized carbons (Fsp3) is 0.837. The van der Waals surface area contributed by atoms with Gasteiger partial charge in [0, 0.05) is 23.3 Å². The molecule has 322 valence electrons. The largest absolute Gasteiger partial charge is 0.479 e. The lowest BCUT2D eigenvalue weighted by Gasteiger charge is -2.72. The smallest absolute Gasteiger partial charge is 0.335 e. The summed E-state index contributed by atoms with van der Waals surface area (Å²) in [6, 6.07) is 0. The summed E-state index contributed by atoms with van der Waals surface area (Å²) < 4.78 is 23.5. The van der Waals surface area contributed by atoms with E-state index in [1.807, 2.05) is 20.8 Å². The Bertz CT molecular complexity index is 1660.